The summed E-state index contributed by atoms with van der Waals surface area (Å²) in [6.45, 7) is 2.25. The Labute approximate surface area is 102 Å². The number of rotatable bonds is 2. The van der Waals surface area contributed by atoms with Crippen LogP contribution in [0.15, 0.2) is 18.2 Å². The van der Waals surface area contributed by atoms with Crippen LogP contribution in [0.2, 0.25) is 0 Å². The van der Waals surface area contributed by atoms with E-state index in [9.17, 15) is 4.39 Å². The molecule has 0 aromatic heterocycles. The zero-order valence-corrected chi connectivity index (χ0v) is 10.1. The summed E-state index contributed by atoms with van der Waals surface area (Å²) >= 11 is 0. The highest BCUT2D eigenvalue weighted by Crippen LogP contribution is 2.35. The van der Waals surface area contributed by atoms with Crippen LogP contribution < -0.4 is 5.46 Å². The van der Waals surface area contributed by atoms with Crippen LogP contribution in [0.3, 0.4) is 0 Å². The average molecular weight is 236 g/mol. The third-order valence-electron chi connectivity index (χ3n) is 3.79. The summed E-state index contributed by atoms with van der Waals surface area (Å²) in [6.07, 6.45) is 4.58. The molecule has 0 spiro atoms. The summed E-state index contributed by atoms with van der Waals surface area (Å²) in [5.41, 5.74) is 0.941. The first kappa shape index (κ1) is 12.6. The zero-order valence-electron chi connectivity index (χ0n) is 10.1. The van der Waals surface area contributed by atoms with Gasteiger partial charge in [-0.3, -0.25) is 0 Å². The SMILES string of the molecule is CC1CCC(c2ccc(B(O)O)c(F)c2)CC1. The van der Waals surface area contributed by atoms with Gasteiger partial charge in [0.05, 0.1) is 0 Å². The van der Waals surface area contributed by atoms with Crippen molar-refractivity contribution in [2.75, 3.05) is 0 Å². The molecule has 17 heavy (non-hydrogen) atoms. The van der Waals surface area contributed by atoms with E-state index in [1.165, 1.54) is 25.0 Å². The fourth-order valence-electron chi connectivity index (χ4n) is 2.60. The van der Waals surface area contributed by atoms with Crippen molar-refractivity contribution >= 4 is 12.6 Å². The Morgan fingerprint density at radius 2 is 1.82 bits per heavy atom. The Balaban J connectivity index is 2.14. The fraction of sp³-hybridized carbons (Fsp3) is 0.538. The minimum Gasteiger partial charge on any atom is -0.423 e. The lowest BCUT2D eigenvalue weighted by Crippen LogP contribution is -2.32. The van der Waals surface area contributed by atoms with Crippen molar-refractivity contribution in [3.05, 3.63) is 29.6 Å². The maximum atomic E-state index is 13.6. The predicted octanol–water partition coefficient (Wildman–Crippen LogP) is 1.80. The maximum Gasteiger partial charge on any atom is 0.491 e. The molecule has 4 heteroatoms. The van der Waals surface area contributed by atoms with Crippen LogP contribution in [0.4, 0.5) is 4.39 Å². The second-order valence-electron chi connectivity index (χ2n) is 5.11. The minimum atomic E-state index is -1.73. The van der Waals surface area contributed by atoms with Gasteiger partial charge in [-0.1, -0.05) is 31.9 Å². The van der Waals surface area contributed by atoms with Gasteiger partial charge in [-0.05, 0) is 36.3 Å². The summed E-state index contributed by atoms with van der Waals surface area (Å²) in [7, 11) is -1.73. The summed E-state index contributed by atoms with van der Waals surface area (Å²) in [4.78, 5) is 0. The van der Waals surface area contributed by atoms with Gasteiger partial charge in [-0.2, -0.15) is 0 Å². The Kier molecular flexibility index (Phi) is 3.84. The van der Waals surface area contributed by atoms with E-state index in [-0.39, 0.29) is 5.46 Å². The van der Waals surface area contributed by atoms with Gasteiger partial charge in [0.25, 0.3) is 0 Å². The van der Waals surface area contributed by atoms with E-state index in [1.807, 2.05) is 6.07 Å². The molecule has 0 radical (unpaired) electrons. The Hall–Kier alpha value is -0.865. The van der Waals surface area contributed by atoms with Gasteiger partial charge in [-0.25, -0.2) is 4.39 Å². The highest BCUT2D eigenvalue weighted by molar-refractivity contribution is 6.58. The molecule has 2 N–H and O–H groups in total. The normalized spacial score (nSPS) is 24.7. The quantitative estimate of drug-likeness (QED) is 0.768. The molecule has 0 heterocycles. The molecule has 1 aliphatic carbocycles. The summed E-state index contributed by atoms with van der Waals surface area (Å²) in [5, 5.41) is 17.9. The number of benzene rings is 1. The number of halogens is 1. The van der Waals surface area contributed by atoms with Gasteiger partial charge in [0, 0.05) is 5.46 Å². The van der Waals surface area contributed by atoms with Crippen molar-refractivity contribution in [3.63, 3.8) is 0 Å². The lowest BCUT2D eigenvalue weighted by molar-refractivity contribution is 0.347. The lowest BCUT2D eigenvalue weighted by Gasteiger charge is -2.26. The molecule has 0 amide bonds. The maximum absolute atomic E-state index is 13.6. The first-order valence-corrected chi connectivity index (χ1v) is 6.23. The van der Waals surface area contributed by atoms with Gasteiger partial charge in [-0.15, -0.1) is 0 Å². The molecule has 1 aromatic rings. The molecule has 0 aliphatic heterocycles. The Morgan fingerprint density at radius 1 is 1.18 bits per heavy atom. The van der Waals surface area contributed by atoms with E-state index in [1.54, 1.807) is 0 Å². The van der Waals surface area contributed by atoms with Crippen molar-refractivity contribution < 1.29 is 14.4 Å². The smallest absolute Gasteiger partial charge is 0.423 e. The van der Waals surface area contributed by atoms with Gasteiger partial charge in [0.1, 0.15) is 5.82 Å². The fourth-order valence-corrected chi connectivity index (χ4v) is 2.60. The zero-order chi connectivity index (χ0) is 12.4. The van der Waals surface area contributed by atoms with Crippen LogP contribution >= 0.6 is 0 Å². The van der Waals surface area contributed by atoms with Crippen molar-refractivity contribution in [1.82, 2.24) is 0 Å². The van der Waals surface area contributed by atoms with Crippen molar-refractivity contribution in [3.8, 4) is 0 Å². The Morgan fingerprint density at radius 3 is 2.35 bits per heavy atom. The van der Waals surface area contributed by atoms with Crippen LogP contribution in [0, 0.1) is 11.7 Å². The third-order valence-corrected chi connectivity index (χ3v) is 3.79. The van der Waals surface area contributed by atoms with Gasteiger partial charge in [0.2, 0.25) is 0 Å². The monoisotopic (exact) mass is 236 g/mol. The molecule has 2 rings (SSSR count). The van der Waals surface area contributed by atoms with E-state index >= 15 is 0 Å². The van der Waals surface area contributed by atoms with Crippen LogP contribution in [-0.2, 0) is 0 Å². The van der Waals surface area contributed by atoms with E-state index in [4.69, 9.17) is 10.0 Å². The van der Waals surface area contributed by atoms with Gasteiger partial charge >= 0.3 is 7.12 Å². The van der Waals surface area contributed by atoms with Crippen LogP contribution in [0.25, 0.3) is 0 Å². The molecule has 0 unspecified atom stereocenters. The molecule has 1 fully saturated rings. The van der Waals surface area contributed by atoms with Crippen molar-refractivity contribution in [1.29, 1.82) is 0 Å². The molecule has 0 atom stereocenters. The summed E-state index contributed by atoms with van der Waals surface area (Å²) in [6, 6.07) is 4.75. The molecule has 2 nitrogen and oxygen atoms in total. The standard InChI is InChI=1S/C13H18BFO2/c1-9-2-4-10(5-3-9)11-6-7-12(14(16)17)13(15)8-11/h6-10,16-17H,2-5H2,1H3. The first-order chi connectivity index (χ1) is 8.08. The third kappa shape index (κ3) is 2.88. The van der Waals surface area contributed by atoms with Crippen LogP contribution in [-0.4, -0.2) is 17.2 Å². The average Bonchev–Trinajstić information content (AvgIpc) is 2.29. The first-order valence-electron chi connectivity index (χ1n) is 6.23. The predicted molar refractivity (Wildman–Crippen MR) is 66.6 cm³/mol. The van der Waals surface area contributed by atoms with Crippen LogP contribution in [0.1, 0.15) is 44.1 Å². The van der Waals surface area contributed by atoms with E-state index in [0.717, 1.165) is 24.3 Å². The van der Waals surface area contributed by atoms with E-state index in [0.29, 0.717) is 5.92 Å². The molecular formula is C13H18BFO2. The highest BCUT2D eigenvalue weighted by atomic mass is 19.1. The molecule has 0 bridgehead atoms. The molecular weight excluding hydrogens is 218 g/mol. The number of hydrogen-bond acceptors (Lipinski definition) is 2. The van der Waals surface area contributed by atoms with Gasteiger partial charge in [0.15, 0.2) is 0 Å². The molecule has 92 valence electrons. The number of hydrogen-bond donors (Lipinski definition) is 2. The minimum absolute atomic E-state index is 0.0436. The highest BCUT2D eigenvalue weighted by Gasteiger charge is 2.22. The van der Waals surface area contributed by atoms with Crippen molar-refractivity contribution in [2.24, 2.45) is 5.92 Å². The molecule has 1 aliphatic rings. The van der Waals surface area contributed by atoms with Gasteiger partial charge < -0.3 is 10.0 Å². The molecule has 0 saturated heterocycles. The van der Waals surface area contributed by atoms with E-state index in [2.05, 4.69) is 6.92 Å². The Bertz CT molecular complexity index is 387. The second-order valence-corrected chi connectivity index (χ2v) is 5.11. The topological polar surface area (TPSA) is 40.5 Å². The molecule has 1 aromatic carbocycles. The van der Waals surface area contributed by atoms with Crippen molar-refractivity contribution in [2.45, 2.75) is 38.5 Å². The summed E-state index contributed by atoms with van der Waals surface area (Å²) in [5.74, 6) is 0.677. The van der Waals surface area contributed by atoms with Crippen LogP contribution in [0.5, 0.6) is 0 Å². The summed E-state index contributed by atoms with van der Waals surface area (Å²) < 4.78 is 13.6. The second kappa shape index (κ2) is 5.19. The van der Waals surface area contributed by atoms with E-state index < -0.39 is 12.9 Å². The molecule has 1 saturated carbocycles. The lowest BCUT2D eigenvalue weighted by atomic mass is 9.76. The largest absolute Gasteiger partial charge is 0.491 e.